The molecule has 0 bridgehead atoms. The van der Waals surface area contributed by atoms with Gasteiger partial charge in [0.25, 0.3) is 5.91 Å². The highest BCUT2D eigenvalue weighted by Crippen LogP contribution is 2.24. The second kappa shape index (κ2) is 6.45. The molecule has 1 unspecified atom stereocenters. The lowest BCUT2D eigenvalue weighted by Gasteiger charge is -2.17. The van der Waals surface area contributed by atoms with Crippen molar-refractivity contribution < 1.29 is 9.18 Å². The van der Waals surface area contributed by atoms with E-state index in [0.717, 1.165) is 5.56 Å². The molecule has 0 aliphatic carbocycles. The fourth-order valence-electron chi connectivity index (χ4n) is 2.68. The van der Waals surface area contributed by atoms with Crippen LogP contribution in [0.1, 0.15) is 11.6 Å². The molecule has 0 aliphatic rings. The number of rotatable bonds is 4. The molecule has 0 radical (unpaired) electrons. The monoisotopic (exact) mass is 352 g/mol. The topological polar surface area (TPSA) is 59.8 Å². The summed E-state index contributed by atoms with van der Waals surface area (Å²) in [5, 5.41) is 10.0. The maximum absolute atomic E-state index is 14.0. The molecular formula is C18H13FN4OS. The molecule has 124 valence electrons. The fourth-order valence-corrected chi connectivity index (χ4v) is 3.21. The van der Waals surface area contributed by atoms with E-state index < -0.39 is 11.9 Å². The van der Waals surface area contributed by atoms with Crippen LogP contribution in [-0.2, 0) is 4.79 Å². The van der Waals surface area contributed by atoms with Crippen LogP contribution in [0.3, 0.4) is 0 Å². The molecule has 5 nitrogen and oxygen atoms in total. The molecule has 0 fully saturated rings. The second-order valence-electron chi connectivity index (χ2n) is 5.43. The number of carbonyl (C=O) groups excluding carboxylic acids is 1. The van der Waals surface area contributed by atoms with Gasteiger partial charge in [-0.25, -0.2) is 9.37 Å². The van der Waals surface area contributed by atoms with Crippen molar-refractivity contribution in [1.29, 1.82) is 0 Å². The Balaban J connectivity index is 1.79. The highest BCUT2D eigenvalue weighted by Gasteiger charge is 2.25. The molecular weight excluding hydrogens is 339 g/mol. The van der Waals surface area contributed by atoms with Gasteiger partial charge in [0.05, 0.1) is 0 Å². The molecule has 0 saturated carbocycles. The van der Waals surface area contributed by atoms with E-state index in [1.54, 1.807) is 29.9 Å². The number of hydrogen-bond acceptors (Lipinski definition) is 4. The first-order chi connectivity index (χ1) is 12.2. The number of thiazole rings is 1. The normalized spacial score (nSPS) is 12.2. The number of benzene rings is 2. The van der Waals surface area contributed by atoms with Crippen molar-refractivity contribution in [3.8, 4) is 0 Å². The molecule has 1 amide bonds. The number of anilines is 1. The Morgan fingerprint density at radius 3 is 2.72 bits per heavy atom. The average molecular weight is 352 g/mol. The largest absolute Gasteiger partial charge is 0.300 e. The van der Waals surface area contributed by atoms with Crippen molar-refractivity contribution in [3.63, 3.8) is 0 Å². The number of fused-ring (bicyclic) bond motifs is 1. The first-order valence-electron chi connectivity index (χ1n) is 7.61. The van der Waals surface area contributed by atoms with Gasteiger partial charge in [-0.15, -0.1) is 11.3 Å². The minimum absolute atomic E-state index is 0.241. The number of hydrogen-bond donors (Lipinski definition) is 1. The summed E-state index contributed by atoms with van der Waals surface area (Å²) in [7, 11) is 0. The summed E-state index contributed by atoms with van der Waals surface area (Å²) in [5.41, 5.74) is 0.996. The molecule has 1 N–H and O–H groups in total. The number of carbonyl (C=O) groups is 1. The van der Waals surface area contributed by atoms with Crippen molar-refractivity contribution in [3.05, 3.63) is 77.7 Å². The average Bonchev–Trinajstić information content (AvgIpc) is 3.26. The molecule has 2 aromatic carbocycles. The number of nitrogens with zero attached hydrogens (tertiary/aromatic N) is 3. The lowest BCUT2D eigenvalue weighted by molar-refractivity contribution is -0.118. The van der Waals surface area contributed by atoms with Crippen LogP contribution < -0.4 is 5.32 Å². The minimum Gasteiger partial charge on any atom is -0.300 e. The SMILES string of the molecule is O=C(Nc1nccs1)C(c1ccccc1)n1cc2cccc(F)c2n1. The van der Waals surface area contributed by atoms with Crippen LogP contribution in [0.4, 0.5) is 9.52 Å². The molecule has 2 aromatic heterocycles. The van der Waals surface area contributed by atoms with Gasteiger partial charge in [-0.1, -0.05) is 42.5 Å². The maximum atomic E-state index is 14.0. The van der Waals surface area contributed by atoms with Gasteiger partial charge in [0.15, 0.2) is 17.0 Å². The summed E-state index contributed by atoms with van der Waals surface area (Å²) in [4.78, 5) is 17.0. The van der Waals surface area contributed by atoms with Crippen molar-refractivity contribution >= 4 is 33.3 Å². The van der Waals surface area contributed by atoms with E-state index in [9.17, 15) is 9.18 Å². The van der Waals surface area contributed by atoms with Crippen LogP contribution in [0.2, 0.25) is 0 Å². The third-order valence-corrected chi connectivity index (χ3v) is 4.48. The van der Waals surface area contributed by atoms with Crippen molar-refractivity contribution in [1.82, 2.24) is 14.8 Å². The standard InChI is InChI=1S/C18H13FN4OS/c19-14-8-4-7-13-11-23(22-15(13)14)16(12-5-2-1-3-6-12)17(24)21-18-20-9-10-25-18/h1-11,16H,(H,20,21,24). The van der Waals surface area contributed by atoms with Crippen LogP contribution >= 0.6 is 11.3 Å². The first-order valence-corrected chi connectivity index (χ1v) is 8.49. The fraction of sp³-hybridized carbons (Fsp3) is 0.0556. The van der Waals surface area contributed by atoms with Crippen molar-refractivity contribution in [2.75, 3.05) is 5.32 Å². The second-order valence-corrected chi connectivity index (χ2v) is 6.32. The van der Waals surface area contributed by atoms with E-state index in [1.165, 1.54) is 22.1 Å². The molecule has 4 aromatic rings. The molecule has 4 rings (SSSR count). The van der Waals surface area contributed by atoms with Gasteiger partial charge < -0.3 is 0 Å². The quantitative estimate of drug-likeness (QED) is 0.607. The van der Waals surface area contributed by atoms with Crippen LogP contribution in [-0.4, -0.2) is 20.7 Å². The summed E-state index contributed by atoms with van der Waals surface area (Å²) >= 11 is 1.33. The van der Waals surface area contributed by atoms with Gasteiger partial charge in [0.2, 0.25) is 0 Å². The molecule has 0 saturated heterocycles. The predicted octanol–water partition coefficient (Wildman–Crippen LogP) is 3.86. The molecule has 0 spiro atoms. The molecule has 1 atom stereocenters. The summed E-state index contributed by atoms with van der Waals surface area (Å²) in [6, 6.07) is 13.3. The molecule has 0 aliphatic heterocycles. The smallest absolute Gasteiger partial charge is 0.255 e. The number of nitrogens with one attached hydrogen (secondary N) is 1. The van der Waals surface area contributed by atoms with Crippen molar-refractivity contribution in [2.45, 2.75) is 6.04 Å². The van der Waals surface area contributed by atoms with Gasteiger partial charge in [-0.3, -0.25) is 14.8 Å². The zero-order valence-electron chi connectivity index (χ0n) is 13.0. The highest BCUT2D eigenvalue weighted by molar-refractivity contribution is 7.13. The maximum Gasteiger partial charge on any atom is 0.255 e. The van der Waals surface area contributed by atoms with Crippen LogP contribution in [0.15, 0.2) is 66.3 Å². The lowest BCUT2D eigenvalue weighted by Crippen LogP contribution is -2.27. The van der Waals surface area contributed by atoms with E-state index in [4.69, 9.17) is 0 Å². The Labute approximate surface area is 146 Å². The van der Waals surface area contributed by atoms with E-state index in [1.807, 2.05) is 30.3 Å². The minimum atomic E-state index is -0.725. The summed E-state index contributed by atoms with van der Waals surface area (Å²) in [5.74, 6) is -0.697. The summed E-state index contributed by atoms with van der Waals surface area (Å²) in [6.07, 6.45) is 3.30. The van der Waals surface area contributed by atoms with Crippen LogP contribution in [0.25, 0.3) is 10.9 Å². The van der Waals surface area contributed by atoms with Crippen molar-refractivity contribution in [2.24, 2.45) is 0 Å². The zero-order valence-corrected chi connectivity index (χ0v) is 13.8. The Hall–Kier alpha value is -3.06. The van der Waals surface area contributed by atoms with Crippen LogP contribution in [0.5, 0.6) is 0 Å². The summed E-state index contributed by atoms with van der Waals surface area (Å²) < 4.78 is 15.5. The van der Waals surface area contributed by atoms with Gasteiger partial charge in [0.1, 0.15) is 5.52 Å². The van der Waals surface area contributed by atoms with Crippen LogP contribution in [0, 0.1) is 5.82 Å². The molecule has 25 heavy (non-hydrogen) atoms. The van der Waals surface area contributed by atoms with E-state index in [0.29, 0.717) is 10.5 Å². The molecule has 2 heterocycles. The van der Waals surface area contributed by atoms with E-state index >= 15 is 0 Å². The third-order valence-electron chi connectivity index (χ3n) is 3.80. The van der Waals surface area contributed by atoms with E-state index in [2.05, 4.69) is 15.4 Å². The number of aromatic nitrogens is 3. The van der Waals surface area contributed by atoms with Gasteiger partial charge in [0, 0.05) is 23.2 Å². The number of halogens is 1. The van der Waals surface area contributed by atoms with Gasteiger partial charge in [-0.05, 0) is 11.6 Å². The Morgan fingerprint density at radius 2 is 2.00 bits per heavy atom. The van der Waals surface area contributed by atoms with Gasteiger partial charge >= 0.3 is 0 Å². The first kappa shape index (κ1) is 15.5. The lowest BCUT2D eigenvalue weighted by atomic mass is 10.1. The Morgan fingerprint density at radius 1 is 1.16 bits per heavy atom. The highest BCUT2D eigenvalue weighted by atomic mass is 32.1. The third kappa shape index (κ3) is 3.01. The predicted molar refractivity (Wildman–Crippen MR) is 95.0 cm³/mol. The Kier molecular flexibility index (Phi) is 3.99. The summed E-state index contributed by atoms with van der Waals surface area (Å²) in [6.45, 7) is 0. The van der Waals surface area contributed by atoms with Gasteiger partial charge in [-0.2, -0.15) is 5.10 Å². The number of amides is 1. The zero-order chi connectivity index (χ0) is 17.2. The molecule has 7 heteroatoms. The van der Waals surface area contributed by atoms with E-state index in [-0.39, 0.29) is 11.4 Å². The Bertz CT molecular complexity index is 1010.